The van der Waals surface area contributed by atoms with Gasteiger partial charge < -0.3 is 10.2 Å². The number of piperidine rings is 1. The lowest BCUT2D eigenvalue weighted by Gasteiger charge is -2.30. The topological polar surface area (TPSA) is 63.1 Å². The Bertz CT molecular complexity index is 1000. The van der Waals surface area contributed by atoms with Gasteiger partial charge in [0, 0.05) is 17.2 Å². The normalized spacial score (nSPS) is 15.4. The zero-order valence-electron chi connectivity index (χ0n) is 16.1. The highest BCUT2D eigenvalue weighted by atomic mass is 35.5. The molecule has 0 aliphatic carbocycles. The third-order valence-electron chi connectivity index (χ3n) is 5.00. The Balaban J connectivity index is 1.53. The molecular weight excluding hydrogens is 406 g/mol. The van der Waals surface area contributed by atoms with E-state index < -0.39 is 0 Å². The van der Waals surface area contributed by atoms with Crippen molar-refractivity contribution in [1.82, 2.24) is 19.7 Å². The minimum absolute atomic E-state index is 0.206. The first-order valence-corrected chi connectivity index (χ1v) is 10.7. The Morgan fingerprint density at radius 2 is 1.93 bits per heavy atom. The molecule has 3 heterocycles. The van der Waals surface area contributed by atoms with Gasteiger partial charge in [0.05, 0.1) is 22.8 Å². The van der Waals surface area contributed by atoms with Gasteiger partial charge in [0.1, 0.15) is 10.8 Å². The van der Waals surface area contributed by atoms with Gasteiger partial charge in [-0.3, -0.25) is 4.79 Å². The van der Waals surface area contributed by atoms with Crippen molar-refractivity contribution in [3.05, 3.63) is 65.4 Å². The molecule has 150 valence electrons. The SMILES string of the molecule is CN1CCC(n2nccc2NC(=O)c2cccnc2Sc2ccccc2Cl)CC1. The molecule has 29 heavy (non-hydrogen) atoms. The number of halogens is 1. The summed E-state index contributed by atoms with van der Waals surface area (Å²) in [7, 11) is 2.13. The number of hydrogen-bond acceptors (Lipinski definition) is 5. The lowest BCUT2D eigenvalue weighted by Crippen LogP contribution is -2.32. The Labute approximate surface area is 179 Å². The lowest BCUT2D eigenvalue weighted by molar-refractivity contribution is 0.102. The number of benzene rings is 1. The number of hydrogen-bond donors (Lipinski definition) is 1. The van der Waals surface area contributed by atoms with Crippen LogP contribution in [-0.2, 0) is 0 Å². The number of rotatable bonds is 5. The van der Waals surface area contributed by atoms with E-state index in [9.17, 15) is 4.79 Å². The van der Waals surface area contributed by atoms with Crippen LogP contribution in [0.5, 0.6) is 0 Å². The first-order chi connectivity index (χ1) is 14.1. The number of carbonyl (C=O) groups is 1. The van der Waals surface area contributed by atoms with Crippen LogP contribution in [0.15, 0.2) is 64.8 Å². The van der Waals surface area contributed by atoms with Gasteiger partial charge in [0.15, 0.2) is 0 Å². The van der Waals surface area contributed by atoms with Crippen molar-refractivity contribution in [1.29, 1.82) is 0 Å². The fourth-order valence-electron chi connectivity index (χ4n) is 3.40. The molecule has 6 nitrogen and oxygen atoms in total. The zero-order chi connectivity index (χ0) is 20.2. The van der Waals surface area contributed by atoms with Crippen molar-refractivity contribution < 1.29 is 4.79 Å². The van der Waals surface area contributed by atoms with Gasteiger partial charge >= 0.3 is 0 Å². The van der Waals surface area contributed by atoms with Crippen molar-refractivity contribution in [2.75, 3.05) is 25.5 Å². The smallest absolute Gasteiger partial charge is 0.259 e. The van der Waals surface area contributed by atoms with Crippen LogP contribution in [0.1, 0.15) is 29.2 Å². The van der Waals surface area contributed by atoms with Gasteiger partial charge in [-0.15, -0.1) is 0 Å². The summed E-state index contributed by atoms with van der Waals surface area (Å²) in [5.41, 5.74) is 0.508. The van der Waals surface area contributed by atoms with Crippen molar-refractivity contribution in [3.8, 4) is 0 Å². The number of carbonyl (C=O) groups excluding carboxylic acids is 1. The van der Waals surface area contributed by atoms with Gasteiger partial charge in [0.25, 0.3) is 5.91 Å². The molecule has 1 fully saturated rings. The maximum Gasteiger partial charge on any atom is 0.259 e. The first-order valence-electron chi connectivity index (χ1n) is 9.52. The molecule has 0 atom stereocenters. The van der Waals surface area contributed by atoms with E-state index in [1.165, 1.54) is 11.8 Å². The van der Waals surface area contributed by atoms with E-state index in [0.717, 1.165) is 30.8 Å². The second-order valence-corrected chi connectivity index (χ2v) is 8.48. The van der Waals surface area contributed by atoms with Gasteiger partial charge in [-0.25, -0.2) is 9.67 Å². The molecule has 1 aromatic carbocycles. The minimum Gasteiger partial charge on any atom is -0.307 e. The molecule has 4 rings (SSSR count). The van der Waals surface area contributed by atoms with Crippen molar-refractivity contribution in [3.63, 3.8) is 0 Å². The summed E-state index contributed by atoms with van der Waals surface area (Å²) in [6.07, 6.45) is 5.44. The van der Waals surface area contributed by atoms with E-state index in [0.29, 0.717) is 27.5 Å². The number of nitrogens with one attached hydrogen (secondary N) is 1. The van der Waals surface area contributed by atoms with Gasteiger partial charge in [-0.05, 0) is 57.2 Å². The number of amides is 1. The number of likely N-dealkylation sites (tertiary alicyclic amines) is 1. The molecule has 1 amide bonds. The van der Waals surface area contributed by atoms with Crippen molar-refractivity contribution in [2.45, 2.75) is 28.8 Å². The Morgan fingerprint density at radius 3 is 2.72 bits per heavy atom. The molecule has 1 saturated heterocycles. The van der Waals surface area contributed by atoms with E-state index in [1.54, 1.807) is 24.5 Å². The highest BCUT2D eigenvalue weighted by molar-refractivity contribution is 7.99. The average Bonchev–Trinajstić information content (AvgIpc) is 3.19. The predicted molar refractivity (Wildman–Crippen MR) is 116 cm³/mol. The summed E-state index contributed by atoms with van der Waals surface area (Å²) in [5, 5.41) is 8.72. The number of anilines is 1. The van der Waals surface area contributed by atoms with Gasteiger partial charge in [0.2, 0.25) is 0 Å². The van der Waals surface area contributed by atoms with Crippen LogP contribution in [-0.4, -0.2) is 45.7 Å². The van der Waals surface area contributed by atoms with E-state index in [4.69, 9.17) is 11.6 Å². The summed E-state index contributed by atoms with van der Waals surface area (Å²) < 4.78 is 1.93. The third-order valence-corrected chi connectivity index (χ3v) is 6.54. The molecule has 2 aromatic heterocycles. The predicted octanol–water partition coefficient (Wildman–Crippen LogP) is 4.60. The summed E-state index contributed by atoms with van der Waals surface area (Å²) in [5.74, 6) is 0.504. The molecule has 0 saturated carbocycles. The number of nitrogens with zero attached hydrogens (tertiary/aromatic N) is 4. The Hall–Kier alpha value is -2.35. The highest BCUT2D eigenvalue weighted by Gasteiger charge is 2.22. The molecule has 8 heteroatoms. The monoisotopic (exact) mass is 427 g/mol. The molecule has 0 radical (unpaired) electrons. The second kappa shape index (κ2) is 8.98. The molecular formula is C21H22ClN5OS. The molecule has 0 unspecified atom stereocenters. The molecule has 1 aliphatic heterocycles. The van der Waals surface area contributed by atoms with Crippen LogP contribution in [0, 0.1) is 0 Å². The third kappa shape index (κ3) is 4.63. The van der Waals surface area contributed by atoms with Crippen LogP contribution >= 0.6 is 23.4 Å². The van der Waals surface area contributed by atoms with Crippen LogP contribution in [0.25, 0.3) is 0 Å². The van der Waals surface area contributed by atoms with E-state index in [1.807, 2.05) is 35.0 Å². The fourth-order valence-corrected chi connectivity index (χ4v) is 4.56. The summed E-state index contributed by atoms with van der Waals surface area (Å²) in [6, 6.07) is 13.2. The second-order valence-electron chi connectivity index (χ2n) is 7.04. The van der Waals surface area contributed by atoms with Gasteiger partial charge in [-0.1, -0.05) is 35.5 Å². The maximum absolute atomic E-state index is 13.0. The average molecular weight is 428 g/mol. The van der Waals surface area contributed by atoms with Crippen LogP contribution in [0.3, 0.4) is 0 Å². The van der Waals surface area contributed by atoms with Crippen LogP contribution in [0.2, 0.25) is 5.02 Å². The fraction of sp³-hybridized carbons (Fsp3) is 0.286. The van der Waals surface area contributed by atoms with Crippen molar-refractivity contribution in [2.24, 2.45) is 0 Å². The quantitative estimate of drug-likeness (QED) is 0.644. The summed E-state index contributed by atoms with van der Waals surface area (Å²) in [4.78, 5) is 20.6. The Morgan fingerprint density at radius 1 is 1.14 bits per heavy atom. The molecule has 1 N–H and O–H groups in total. The Kier molecular flexibility index (Phi) is 6.18. The van der Waals surface area contributed by atoms with Crippen molar-refractivity contribution >= 4 is 35.1 Å². The summed E-state index contributed by atoms with van der Waals surface area (Å²) >= 11 is 7.66. The highest BCUT2D eigenvalue weighted by Crippen LogP contribution is 2.34. The number of aromatic nitrogens is 3. The summed E-state index contributed by atoms with van der Waals surface area (Å²) in [6.45, 7) is 2.05. The maximum atomic E-state index is 13.0. The number of pyridine rings is 1. The molecule has 0 bridgehead atoms. The van der Waals surface area contributed by atoms with E-state index in [-0.39, 0.29) is 5.91 Å². The lowest BCUT2D eigenvalue weighted by atomic mass is 10.1. The minimum atomic E-state index is -0.206. The van der Waals surface area contributed by atoms with Crippen LogP contribution in [0.4, 0.5) is 5.82 Å². The molecule has 1 aliphatic rings. The van der Waals surface area contributed by atoms with E-state index in [2.05, 4.69) is 27.3 Å². The van der Waals surface area contributed by atoms with Crippen LogP contribution < -0.4 is 5.32 Å². The van der Waals surface area contributed by atoms with E-state index >= 15 is 0 Å². The molecule has 0 spiro atoms. The largest absolute Gasteiger partial charge is 0.307 e. The first kappa shape index (κ1) is 19.9. The standard InChI is InChI=1S/C21H22ClN5OS/c1-26-13-9-15(10-14-26)27-19(8-12-24-27)25-20(28)16-5-4-11-23-21(16)29-18-7-3-2-6-17(18)22/h2-8,11-12,15H,9-10,13-14H2,1H3,(H,25,28). The van der Waals surface area contributed by atoms with Gasteiger partial charge in [-0.2, -0.15) is 5.10 Å². The molecule has 3 aromatic rings. The zero-order valence-corrected chi connectivity index (χ0v) is 17.7.